The van der Waals surface area contributed by atoms with Crippen molar-refractivity contribution in [3.05, 3.63) is 35.9 Å². The van der Waals surface area contributed by atoms with E-state index in [0.29, 0.717) is 0 Å². The van der Waals surface area contributed by atoms with Crippen LogP contribution >= 0.6 is 0 Å². The van der Waals surface area contributed by atoms with Gasteiger partial charge in [0.15, 0.2) is 0 Å². The smallest absolute Gasteiger partial charge is 0.00741 e. The zero-order valence-corrected chi connectivity index (χ0v) is 6.01. The molecule has 10 heavy (non-hydrogen) atoms. The van der Waals surface area contributed by atoms with Gasteiger partial charge in [-0.05, 0) is 31.0 Å². The van der Waals surface area contributed by atoms with E-state index in [1.54, 1.807) is 0 Å². The fourth-order valence-electron chi connectivity index (χ4n) is 0.894. The predicted molar refractivity (Wildman–Crippen MR) is 42.7 cm³/mol. The van der Waals surface area contributed by atoms with E-state index in [1.165, 1.54) is 5.56 Å². The van der Waals surface area contributed by atoms with E-state index in [9.17, 15) is 0 Å². The van der Waals surface area contributed by atoms with Crippen molar-refractivity contribution in [3.63, 3.8) is 0 Å². The summed E-state index contributed by atoms with van der Waals surface area (Å²) < 4.78 is 0. The molecule has 0 aliphatic rings. The topological polar surface area (TPSA) is 26.0 Å². The summed E-state index contributed by atoms with van der Waals surface area (Å²) in [6, 6.07) is 11.0. The second-order valence-corrected chi connectivity index (χ2v) is 2.30. The van der Waals surface area contributed by atoms with Crippen molar-refractivity contribution in [2.24, 2.45) is 5.73 Å². The first-order valence-electron chi connectivity index (χ1n) is 3.58. The number of rotatable bonds is 3. The van der Waals surface area contributed by atoms with E-state index in [4.69, 9.17) is 5.73 Å². The van der Waals surface area contributed by atoms with Crippen LogP contribution in [0.15, 0.2) is 24.3 Å². The molecule has 1 radical (unpaired) electrons. The Balaban J connectivity index is 2.43. The molecule has 0 unspecified atom stereocenters. The second kappa shape index (κ2) is 4.07. The maximum Gasteiger partial charge on any atom is -0.00741 e. The first-order chi connectivity index (χ1) is 4.93. The summed E-state index contributed by atoms with van der Waals surface area (Å²) in [4.78, 5) is 0. The van der Waals surface area contributed by atoms with Crippen molar-refractivity contribution < 1.29 is 0 Å². The number of hydrogen-bond donors (Lipinski definition) is 1. The van der Waals surface area contributed by atoms with Gasteiger partial charge in [-0.25, -0.2) is 0 Å². The molecule has 0 aliphatic carbocycles. The van der Waals surface area contributed by atoms with Crippen LogP contribution in [0.1, 0.15) is 12.0 Å². The van der Waals surface area contributed by atoms with Gasteiger partial charge in [0.2, 0.25) is 0 Å². The lowest BCUT2D eigenvalue weighted by atomic mass is 10.1. The van der Waals surface area contributed by atoms with Crippen LogP contribution in [0.4, 0.5) is 0 Å². The molecule has 0 atom stereocenters. The number of benzene rings is 1. The largest absolute Gasteiger partial charge is 0.330 e. The van der Waals surface area contributed by atoms with Crippen LogP contribution in [-0.2, 0) is 6.42 Å². The normalized spacial score (nSPS) is 9.70. The lowest BCUT2D eigenvalue weighted by Gasteiger charge is -1.96. The highest BCUT2D eigenvalue weighted by Gasteiger charge is 1.87. The lowest BCUT2D eigenvalue weighted by molar-refractivity contribution is 0.832. The Labute approximate surface area is 61.9 Å². The molecule has 1 heteroatoms. The minimum absolute atomic E-state index is 0.776. The van der Waals surface area contributed by atoms with E-state index < -0.39 is 0 Å². The van der Waals surface area contributed by atoms with Gasteiger partial charge in [0.25, 0.3) is 0 Å². The van der Waals surface area contributed by atoms with Gasteiger partial charge in [-0.15, -0.1) is 0 Å². The minimum Gasteiger partial charge on any atom is -0.330 e. The molecule has 0 saturated carbocycles. The molecule has 0 aliphatic heterocycles. The van der Waals surface area contributed by atoms with Crippen molar-refractivity contribution >= 4 is 0 Å². The summed E-state index contributed by atoms with van der Waals surface area (Å²) in [5.41, 5.74) is 6.72. The molecular formula is C9H12N. The Morgan fingerprint density at radius 3 is 2.60 bits per heavy atom. The van der Waals surface area contributed by atoms with Gasteiger partial charge in [-0.2, -0.15) is 0 Å². The average molecular weight is 134 g/mol. The quantitative estimate of drug-likeness (QED) is 0.664. The van der Waals surface area contributed by atoms with Crippen LogP contribution in [0.25, 0.3) is 0 Å². The van der Waals surface area contributed by atoms with E-state index in [1.807, 2.05) is 12.1 Å². The molecule has 1 aromatic carbocycles. The fourth-order valence-corrected chi connectivity index (χ4v) is 0.894. The summed E-state index contributed by atoms with van der Waals surface area (Å²) in [6.07, 6.45) is 2.16. The van der Waals surface area contributed by atoms with Gasteiger partial charge in [0.1, 0.15) is 0 Å². The molecule has 0 bridgehead atoms. The predicted octanol–water partition coefficient (Wildman–Crippen LogP) is 1.38. The zero-order chi connectivity index (χ0) is 7.23. The Bertz CT molecular complexity index is 169. The standard InChI is InChI=1S/C9H12N/c10-8-4-7-9-5-2-1-3-6-9/h2-3,5-6H,4,7-8,10H2. The molecule has 53 valence electrons. The van der Waals surface area contributed by atoms with Gasteiger partial charge >= 0.3 is 0 Å². The molecular weight excluding hydrogens is 122 g/mol. The third kappa shape index (κ3) is 2.19. The van der Waals surface area contributed by atoms with E-state index >= 15 is 0 Å². The van der Waals surface area contributed by atoms with Crippen LogP contribution in [0.2, 0.25) is 0 Å². The maximum atomic E-state index is 5.37. The summed E-state index contributed by atoms with van der Waals surface area (Å²) in [7, 11) is 0. The SMILES string of the molecule is NCCCc1cc[c]cc1. The summed E-state index contributed by atoms with van der Waals surface area (Å²) in [5.74, 6) is 0. The third-order valence-electron chi connectivity index (χ3n) is 1.46. The molecule has 0 fully saturated rings. The highest BCUT2D eigenvalue weighted by Crippen LogP contribution is 2.00. The Morgan fingerprint density at radius 1 is 1.30 bits per heavy atom. The van der Waals surface area contributed by atoms with Gasteiger partial charge in [-0.3, -0.25) is 0 Å². The molecule has 0 spiro atoms. The van der Waals surface area contributed by atoms with Crippen LogP contribution in [0.5, 0.6) is 0 Å². The molecule has 1 nitrogen and oxygen atoms in total. The van der Waals surface area contributed by atoms with Gasteiger partial charge in [-0.1, -0.05) is 24.3 Å². The molecule has 0 saturated heterocycles. The van der Waals surface area contributed by atoms with Crippen LogP contribution in [0, 0.1) is 6.07 Å². The molecule has 0 aromatic heterocycles. The summed E-state index contributed by atoms with van der Waals surface area (Å²) >= 11 is 0. The van der Waals surface area contributed by atoms with Gasteiger partial charge < -0.3 is 5.73 Å². The summed E-state index contributed by atoms with van der Waals surface area (Å²) in [5, 5.41) is 0. The molecule has 2 N–H and O–H groups in total. The third-order valence-corrected chi connectivity index (χ3v) is 1.46. The van der Waals surface area contributed by atoms with E-state index in [2.05, 4.69) is 18.2 Å². The van der Waals surface area contributed by atoms with Gasteiger partial charge in [0.05, 0.1) is 0 Å². The highest BCUT2D eigenvalue weighted by atomic mass is 14.5. The van der Waals surface area contributed by atoms with Crippen LogP contribution in [0.3, 0.4) is 0 Å². The lowest BCUT2D eigenvalue weighted by Crippen LogP contribution is -1.99. The highest BCUT2D eigenvalue weighted by molar-refractivity contribution is 5.13. The fraction of sp³-hybridized carbons (Fsp3) is 0.333. The first-order valence-corrected chi connectivity index (χ1v) is 3.58. The molecule has 1 rings (SSSR count). The molecule has 0 heterocycles. The average Bonchev–Trinajstić information content (AvgIpc) is 2.03. The second-order valence-electron chi connectivity index (χ2n) is 2.30. The first kappa shape index (κ1) is 7.29. The van der Waals surface area contributed by atoms with Crippen molar-refractivity contribution in [2.45, 2.75) is 12.8 Å². The molecule has 1 aromatic rings. The zero-order valence-electron chi connectivity index (χ0n) is 6.01. The number of nitrogens with two attached hydrogens (primary N) is 1. The van der Waals surface area contributed by atoms with Crippen LogP contribution < -0.4 is 5.73 Å². The summed E-state index contributed by atoms with van der Waals surface area (Å²) in [6.45, 7) is 0.776. The van der Waals surface area contributed by atoms with E-state index in [-0.39, 0.29) is 0 Å². The van der Waals surface area contributed by atoms with Gasteiger partial charge in [0, 0.05) is 0 Å². The monoisotopic (exact) mass is 134 g/mol. The minimum atomic E-state index is 0.776. The van der Waals surface area contributed by atoms with E-state index in [0.717, 1.165) is 19.4 Å². The Kier molecular flexibility index (Phi) is 2.97. The van der Waals surface area contributed by atoms with Crippen molar-refractivity contribution in [1.82, 2.24) is 0 Å². The number of hydrogen-bond acceptors (Lipinski definition) is 1. The number of aryl methyl sites for hydroxylation is 1. The van der Waals surface area contributed by atoms with Crippen LogP contribution in [-0.4, -0.2) is 6.54 Å². The van der Waals surface area contributed by atoms with Crippen molar-refractivity contribution in [1.29, 1.82) is 0 Å². The van der Waals surface area contributed by atoms with Crippen molar-refractivity contribution in [3.8, 4) is 0 Å². The maximum absolute atomic E-state index is 5.37. The Hall–Kier alpha value is -0.820. The Morgan fingerprint density at radius 2 is 2.00 bits per heavy atom. The van der Waals surface area contributed by atoms with Crippen molar-refractivity contribution in [2.75, 3.05) is 6.54 Å². The molecule has 0 amide bonds.